The summed E-state index contributed by atoms with van der Waals surface area (Å²) >= 11 is 1.35. The maximum Gasteiger partial charge on any atom is 0.234 e. The van der Waals surface area contributed by atoms with Crippen LogP contribution in [-0.2, 0) is 11.3 Å². The van der Waals surface area contributed by atoms with Crippen LogP contribution in [0.5, 0.6) is 5.75 Å². The number of nitrogens with one attached hydrogen (secondary N) is 2. The number of hydrogen-bond donors (Lipinski definition) is 2. The van der Waals surface area contributed by atoms with E-state index >= 15 is 0 Å². The van der Waals surface area contributed by atoms with Crippen LogP contribution < -0.4 is 15.4 Å². The van der Waals surface area contributed by atoms with Crippen LogP contribution in [0.2, 0.25) is 0 Å². The third kappa shape index (κ3) is 6.22. The van der Waals surface area contributed by atoms with Crippen LogP contribution in [0.1, 0.15) is 23.9 Å². The van der Waals surface area contributed by atoms with Crippen LogP contribution >= 0.6 is 11.8 Å². The maximum atomic E-state index is 12.6. The average Bonchev–Trinajstić information content (AvgIpc) is 3.27. The lowest BCUT2D eigenvalue weighted by Crippen LogP contribution is -2.15. The SMILES string of the molecule is CCOc1ccc(NC(=O)CSc2nnc(CNc3c(C)cccc3C)n2-c2ccccc2)cc1. The highest BCUT2D eigenvalue weighted by Gasteiger charge is 2.16. The minimum absolute atomic E-state index is 0.114. The van der Waals surface area contributed by atoms with Gasteiger partial charge in [-0.3, -0.25) is 9.36 Å². The molecule has 0 aliphatic rings. The van der Waals surface area contributed by atoms with Crippen LogP contribution in [0.4, 0.5) is 11.4 Å². The van der Waals surface area contributed by atoms with Gasteiger partial charge in [-0.25, -0.2) is 0 Å². The lowest BCUT2D eigenvalue weighted by Gasteiger charge is -2.14. The van der Waals surface area contributed by atoms with Crippen molar-refractivity contribution >= 4 is 29.0 Å². The van der Waals surface area contributed by atoms with Gasteiger partial charge in [0.1, 0.15) is 5.75 Å². The number of thioether (sulfide) groups is 1. The Labute approximate surface area is 209 Å². The summed E-state index contributed by atoms with van der Waals surface area (Å²) in [5.74, 6) is 1.64. The number of anilines is 2. The van der Waals surface area contributed by atoms with E-state index in [4.69, 9.17) is 4.74 Å². The highest BCUT2D eigenvalue weighted by atomic mass is 32.2. The second-order valence-electron chi connectivity index (χ2n) is 7.98. The van der Waals surface area contributed by atoms with Crippen molar-refractivity contribution in [1.29, 1.82) is 0 Å². The molecule has 0 saturated heterocycles. The number of ether oxygens (including phenoxy) is 1. The Morgan fingerprint density at radius 3 is 2.34 bits per heavy atom. The predicted molar refractivity (Wildman–Crippen MR) is 142 cm³/mol. The second-order valence-corrected chi connectivity index (χ2v) is 8.93. The van der Waals surface area contributed by atoms with Crippen LogP contribution in [0.25, 0.3) is 5.69 Å². The van der Waals surface area contributed by atoms with E-state index in [1.165, 1.54) is 22.9 Å². The monoisotopic (exact) mass is 487 g/mol. The normalized spacial score (nSPS) is 10.7. The molecule has 1 heterocycles. The highest BCUT2D eigenvalue weighted by Crippen LogP contribution is 2.25. The van der Waals surface area contributed by atoms with Crippen molar-refractivity contribution in [2.24, 2.45) is 0 Å². The lowest BCUT2D eigenvalue weighted by molar-refractivity contribution is -0.113. The first-order chi connectivity index (χ1) is 17.0. The first kappa shape index (κ1) is 24.3. The van der Waals surface area contributed by atoms with Gasteiger partial charge < -0.3 is 15.4 Å². The number of carbonyl (C=O) groups is 1. The van der Waals surface area contributed by atoms with Crippen molar-refractivity contribution in [2.75, 3.05) is 23.0 Å². The van der Waals surface area contributed by atoms with E-state index < -0.39 is 0 Å². The molecule has 0 unspecified atom stereocenters. The third-order valence-corrected chi connectivity index (χ3v) is 6.33. The first-order valence-corrected chi connectivity index (χ1v) is 12.5. The Morgan fingerprint density at radius 2 is 1.66 bits per heavy atom. The molecule has 0 aliphatic carbocycles. The third-order valence-electron chi connectivity index (χ3n) is 5.40. The summed E-state index contributed by atoms with van der Waals surface area (Å²) in [6, 6.07) is 23.5. The quantitative estimate of drug-likeness (QED) is 0.282. The zero-order valence-corrected chi connectivity index (χ0v) is 20.9. The molecular weight excluding hydrogens is 458 g/mol. The second kappa shape index (κ2) is 11.6. The molecule has 0 atom stereocenters. The number of aryl methyl sites for hydroxylation is 2. The fraction of sp³-hybridized carbons (Fsp3) is 0.222. The predicted octanol–water partition coefficient (Wildman–Crippen LogP) is 5.63. The van der Waals surface area contributed by atoms with Gasteiger partial charge in [0.05, 0.1) is 18.9 Å². The van der Waals surface area contributed by atoms with Gasteiger partial charge in [0.25, 0.3) is 0 Å². The molecule has 7 nitrogen and oxygen atoms in total. The van der Waals surface area contributed by atoms with E-state index in [1.54, 1.807) is 0 Å². The summed E-state index contributed by atoms with van der Waals surface area (Å²) in [7, 11) is 0. The first-order valence-electron chi connectivity index (χ1n) is 11.5. The van der Waals surface area contributed by atoms with Crippen LogP contribution in [0.3, 0.4) is 0 Å². The molecule has 0 spiro atoms. The summed E-state index contributed by atoms with van der Waals surface area (Å²) in [5.41, 5.74) is 5.12. The minimum Gasteiger partial charge on any atom is -0.494 e. The molecule has 3 aromatic carbocycles. The Balaban J connectivity index is 1.47. The molecule has 4 rings (SSSR count). The van der Waals surface area contributed by atoms with Crippen molar-refractivity contribution < 1.29 is 9.53 Å². The molecule has 35 heavy (non-hydrogen) atoms. The number of hydrogen-bond acceptors (Lipinski definition) is 6. The number of amides is 1. The van der Waals surface area contributed by atoms with E-state index in [9.17, 15) is 4.79 Å². The number of benzene rings is 3. The Bertz CT molecular complexity index is 1250. The molecule has 0 bridgehead atoms. The summed E-state index contributed by atoms with van der Waals surface area (Å²) in [5, 5.41) is 15.9. The van der Waals surface area contributed by atoms with Gasteiger partial charge in [-0.2, -0.15) is 0 Å². The minimum atomic E-state index is -0.114. The molecule has 8 heteroatoms. The molecule has 1 aromatic heterocycles. The molecule has 0 radical (unpaired) electrons. The van der Waals surface area contributed by atoms with Gasteiger partial charge in [0.15, 0.2) is 11.0 Å². The Hall–Kier alpha value is -3.78. The number of aromatic nitrogens is 3. The summed E-state index contributed by atoms with van der Waals surface area (Å²) in [4.78, 5) is 12.6. The smallest absolute Gasteiger partial charge is 0.234 e. The van der Waals surface area contributed by atoms with Crippen molar-refractivity contribution in [2.45, 2.75) is 32.5 Å². The molecule has 0 aliphatic heterocycles. The van der Waals surface area contributed by atoms with Gasteiger partial charge in [0.2, 0.25) is 5.91 Å². The number of carbonyl (C=O) groups excluding carboxylic acids is 1. The zero-order chi connectivity index (χ0) is 24.6. The number of para-hydroxylation sites is 2. The molecule has 4 aromatic rings. The number of rotatable bonds is 10. The van der Waals surface area contributed by atoms with E-state index in [1.807, 2.05) is 66.1 Å². The fourth-order valence-corrected chi connectivity index (χ4v) is 4.50. The van der Waals surface area contributed by atoms with E-state index in [-0.39, 0.29) is 11.7 Å². The highest BCUT2D eigenvalue weighted by molar-refractivity contribution is 7.99. The standard InChI is InChI=1S/C27H29N5O2S/c1-4-34-23-15-13-21(14-16-23)29-25(33)18-35-27-31-30-24(32(27)22-11-6-5-7-12-22)17-28-26-19(2)9-8-10-20(26)3/h5-16,28H,4,17-18H2,1-3H3,(H,29,33). The van der Waals surface area contributed by atoms with Crippen molar-refractivity contribution in [3.8, 4) is 11.4 Å². The van der Waals surface area contributed by atoms with Gasteiger partial charge in [-0.1, -0.05) is 48.2 Å². The fourth-order valence-electron chi connectivity index (χ4n) is 3.73. The summed E-state index contributed by atoms with van der Waals surface area (Å²) in [6.07, 6.45) is 0. The summed E-state index contributed by atoms with van der Waals surface area (Å²) < 4.78 is 7.45. The molecular formula is C27H29N5O2S. The molecule has 1 amide bonds. The van der Waals surface area contributed by atoms with Crippen molar-refractivity contribution in [3.05, 3.63) is 89.7 Å². The number of nitrogens with zero attached hydrogens (tertiary/aromatic N) is 3. The van der Waals surface area contributed by atoms with Crippen molar-refractivity contribution in [3.63, 3.8) is 0 Å². The van der Waals surface area contributed by atoms with Crippen LogP contribution in [0.15, 0.2) is 78.0 Å². The molecule has 180 valence electrons. The van der Waals surface area contributed by atoms with Crippen molar-refractivity contribution in [1.82, 2.24) is 14.8 Å². The average molecular weight is 488 g/mol. The summed E-state index contributed by atoms with van der Waals surface area (Å²) in [6.45, 7) is 7.22. The van der Waals surface area contributed by atoms with Gasteiger partial charge in [-0.05, 0) is 68.3 Å². The maximum absolute atomic E-state index is 12.6. The van der Waals surface area contributed by atoms with Crippen LogP contribution in [0, 0.1) is 13.8 Å². The van der Waals surface area contributed by atoms with Gasteiger partial charge in [0, 0.05) is 17.1 Å². The Morgan fingerprint density at radius 1 is 0.943 bits per heavy atom. The largest absolute Gasteiger partial charge is 0.494 e. The molecule has 2 N–H and O–H groups in total. The topological polar surface area (TPSA) is 81.1 Å². The van der Waals surface area contributed by atoms with Crippen LogP contribution in [-0.4, -0.2) is 33.0 Å². The molecule has 0 saturated carbocycles. The Kier molecular flexibility index (Phi) is 8.05. The van der Waals surface area contributed by atoms with Gasteiger partial charge in [-0.15, -0.1) is 10.2 Å². The van der Waals surface area contributed by atoms with E-state index in [0.717, 1.165) is 28.6 Å². The lowest BCUT2D eigenvalue weighted by atomic mass is 10.1. The van der Waals surface area contributed by atoms with E-state index in [0.29, 0.717) is 18.3 Å². The van der Waals surface area contributed by atoms with Gasteiger partial charge >= 0.3 is 0 Å². The molecule has 0 fully saturated rings. The van der Waals surface area contributed by atoms with E-state index in [2.05, 4.69) is 52.9 Å². The zero-order valence-electron chi connectivity index (χ0n) is 20.1.